The van der Waals surface area contributed by atoms with E-state index in [-0.39, 0.29) is 11.8 Å². The zero-order valence-electron chi connectivity index (χ0n) is 11.9. The van der Waals surface area contributed by atoms with E-state index in [0.717, 1.165) is 0 Å². The Balaban J connectivity index is 2.80. The van der Waals surface area contributed by atoms with Gasteiger partial charge in [-0.1, -0.05) is 25.4 Å². The van der Waals surface area contributed by atoms with Crippen molar-refractivity contribution in [2.75, 3.05) is 10.6 Å². The lowest BCUT2D eigenvalue weighted by atomic mass is 10.0. The maximum absolute atomic E-state index is 12.0. The number of anilines is 2. The lowest BCUT2D eigenvalue weighted by Gasteiger charge is -2.15. The van der Waals surface area contributed by atoms with Crippen LogP contribution in [0.2, 0.25) is 5.02 Å². The van der Waals surface area contributed by atoms with Gasteiger partial charge in [0.2, 0.25) is 11.8 Å². The minimum absolute atomic E-state index is 0.193. The molecule has 0 saturated heterocycles. The van der Waals surface area contributed by atoms with E-state index in [0.29, 0.717) is 28.7 Å². The lowest BCUT2D eigenvalue weighted by Crippen LogP contribution is -2.36. The van der Waals surface area contributed by atoms with Crippen molar-refractivity contribution in [3.63, 3.8) is 0 Å². The molecule has 1 rings (SSSR count). The Hall–Kier alpha value is -1.59. The van der Waals surface area contributed by atoms with Gasteiger partial charge in [0.1, 0.15) is 0 Å². The fraction of sp³-hybridized carbons (Fsp3) is 0.429. The molecule has 1 aromatic carbocycles. The molecule has 0 radical (unpaired) electrons. The Kier molecular flexibility index (Phi) is 5.98. The fourth-order valence-corrected chi connectivity index (χ4v) is 1.91. The third kappa shape index (κ3) is 5.19. The SMILES string of the molecule is CC(=O)Nc1ccc(Cl)c(NC(=O)[C@@H](N)CC(C)C)c1. The Bertz CT molecular complexity index is 503. The summed E-state index contributed by atoms with van der Waals surface area (Å²) in [6.45, 7) is 5.40. The third-order valence-electron chi connectivity index (χ3n) is 2.61. The zero-order chi connectivity index (χ0) is 15.3. The molecule has 0 heterocycles. The van der Waals surface area contributed by atoms with Crippen LogP contribution in [-0.4, -0.2) is 17.9 Å². The smallest absolute Gasteiger partial charge is 0.241 e. The minimum atomic E-state index is -0.588. The number of carbonyl (C=O) groups excluding carboxylic acids is 2. The second kappa shape index (κ2) is 7.26. The van der Waals surface area contributed by atoms with Crippen molar-refractivity contribution < 1.29 is 9.59 Å². The number of benzene rings is 1. The molecular weight excluding hydrogens is 278 g/mol. The highest BCUT2D eigenvalue weighted by Crippen LogP contribution is 2.25. The van der Waals surface area contributed by atoms with Crippen LogP contribution >= 0.6 is 11.6 Å². The van der Waals surface area contributed by atoms with Gasteiger partial charge in [0.25, 0.3) is 0 Å². The molecule has 6 heteroatoms. The molecule has 110 valence electrons. The molecule has 0 bridgehead atoms. The van der Waals surface area contributed by atoms with Crippen molar-refractivity contribution >= 4 is 34.8 Å². The van der Waals surface area contributed by atoms with Crippen LogP contribution in [0, 0.1) is 5.92 Å². The summed E-state index contributed by atoms with van der Waals surface area (Å²) >= 11 is 6.02. The predicted octanol–water partition coefficient (Wildman–Crippen LogP) is 2.61. The number of rotatable bonds is 5. The topological polar surface area (TPSA) is 84.2 Å². The molecule has 0 fully saturated rings. The molecular formula is C14H20ClN3O2. The van der Waals surface area contributed by atoms with Crippen LogP contribution < -0.4 is 16.4 Å². The van der Waals surface area contributed by atoms with Crippen molar-refractivity contribution in [2.24, 2.45) is 11.7 Å². The van der Waals surface area contributed by atoms with E-state index in [1.54, 1.807) is 18.2 Å². The molecule has 0 aliphatic carbocycles. The van der Waals surface area contributed by atoms with E-state index in [1.807, 2.05) is 13.8 Å². The number of halogens is 1. The summed E-state index contributed by atoms with van der Waals surface area (Å²) in [5.74, 6) is -0.154. The molecule has 0 unspecified atom stereocenters. The number of carbonyl (C=O) groups is 2. The van der Waals surface area contributed by atoms with Crippen molar-refractivity contribution in [1.29, 1.82) is 0 Å². The fourth-order valence-electron chi connectivity index (χ4n) is 1.74. The molecule has 0 aliphatic rings. The van der Waals surface area contributed by atoms with Gasteiger partial charge in [-0.25, -0.2) is 0 Å². The predicted molar refractivity (Wildman–Crippen MR) is 81.8 cm³/mol. The summed E-state index contributed by atoms with van der Waals surface area (Å²) in [4.78, 5) is 23.0. The van der Waals surface area contributed by atoms with E-state index < -0.39 is 6.04 Å². The van der Waals surface area contributed by atoms with E-state index in [2.05, 4.69) is 10.6 Å². The molecule has 0 saturated carbocycles. The van der Waals surface area contributed by atoms with Gasteiger partial charge < -0.3 is 16.4 Å². The highest BCUT2D eigenvalue weighted by Gasteiger charge is 2.16. The van der Waals surface area contributed by atoms with Gasteiger partial charge in [-0.2, -0.15) is 0 Å². The molecule has 5 nitrogen and oxygen atoms in total. The van der Waals surface area contributed by atoms with Gasteiger partial charge in [-0.15, -0.1) is 0 Å². The third-order valence-corrected chi connectivity index (χ3v) is 2.94. The number of nitrogens with one attached hydrogen (secondary N) is 2. The van der Waals surface area contributed by atoms with E-state index in [4.69, 9.17) is 17.3 Å². The summed E-state index contributed by atoms with van der Waals surface area (Å²) in [7, 11) is 0. The van der Waals surface area contributed by atoms with Crippen LogP contribution in [-0.2, 0) is 9.59 Å². The van der Waals surface area contributed by atoms with Crippen LogP contribution in [0.15, 0.2) is 18.2 Å². The van der Waals surface area contributed by atoms with Crippen molar-refractivity contribution in [3.05, 3.63) is 23.2 Å². The standard InChI is InChI=1S/C14H20ClN3O2/c1-8(2)6-12(16)14(20)18-13-7-10(17-9(3)19)4-5-11(13)15/h4-5,7-8,12H,6,16H2,1-3H3,(H,17,19)(H,18,20)/t12-/m0/s1. The van der Waals surface area contributed by atoms with Gasteiger partial charge in [0.15, 0.2) is 0 Å². The summed E-state index contributed by atoms with van der Waals surface area (Å²) in [6.07, 6.45) is 0.592. The van der Waals surface area contributed by atoms with Crippen LogP contribution in [0.3, 0.4) is 0 Å². The molecule has 0 aliphatic heterocycles. The molecule has 20 heavy (non-hydrogen) atoms. The van der Waals surface area contributed by atoms with Gasteiger partial charge in [0, 0.05) is 12.6 Å². The van der Waals surface area contributed by atoms with E-state index in [9.17, 15) is 9.59 Å². The molecule has 2 amide bonds. The Labute approximate surface area is 123 Å². The summed E-state index contributed by atoms with van der Waals surface area (Å²) in [6, 6.07) is 4.28. The highest BCUT2D eigenvalue weighted by molar-refractivity contribution is 6.34. The van der Waals surface area contributed by atoms with Gasteiger partial charge in [-0.3, -0.25) is 9.59 Å². The molecule has 0 aromatic heterocycles. The van der Waals surface area contributed by atoms with Gasteiger partial charge in [-0.05, 0) is 30.5 Å². The summed E-state index contributed by atoms with van der Waals surface area (Å²) < 4.78 is 0. The first-order chi connectivity index (χ1) is 9.29. The number of hydrogen-bond acceptors (Lipinski definition) is 3. The normalized spacial score (nSPS) is 12.1. The molecule has 0 spiro atoms. The number of hydrogen-bond donors (Lipinski definition) is 3. The molecule has 1 atom stereocenters. The van der Waals surface area contributed by atoms with E-state index >= 15 is 0 Å². The second-order valence-electron chi connectivity index (χ2n) is 5.10. The average molecular weight is 298 g/mol. The van der Waals surface area contributed by atoms with Gasteiger partial charge >= 0.3 is 0 Å². The zero-order valence-corrected chi connectivity index (χ0v) is 12.6. The maximum Gasteiger partial charge on any atom is 0.241 e. The summed E-state index contributed by atoms with van der Waals surface area (Å²) in [5.41, 5.74) is 6.81. The summed E-state index contributed by atoms with van der Waals surface area (Å²) in [5, 5.41) is 5.70. The highest BCUT2D eigenvalue weighted by atomic mass is 35.5. The largest absolute Gasteiger partial charge is 0.326 e. The first-order valence-electron chi connectivity index (χ1n) is 6.43. The second-order valence-corrected chi connectivity index (χ2v) is 5.51. The van der Waals surface area contributed by atoms with Crippen LogP contribution in [0.5, 0.6) is 0 Å². The Morgan fingerprint density at radius 2 is 1.95 bits per heavy atom. The monoisotopic (exact) mass is 297 g/mol. The maximum atomic E-state index is 12.0. The number of nitrogens with two attached hydrogens (primary N) is 1. The minimum Gasteiger partial charge on any atom is -0.326 e. The van der Waals surface area contributed by atoms with Crippen LogP contribution in [0.4, 0.5) is 11.4 Å². The number of amides is 2. The lowest BCUT2D eigenvalue weighted by molar-refractivity contribution is -0.117. The molecule has 1 aromatic rings. The van der Waals surface area contributed by atoms with Crippen LogP contribution in [0.25, 0.3) is 0 Å². The van der Waals surface area contributed by atoms with Crippen molar-refractivity contribution in [3.8, 4) is 0 Å². The first kappa shape index (κ1) is 16.5. The average Bonchev–Trinajstić information content (AvgIpc) is 2.31. The van der Waals surface area contributed by atoms with E-state index in [1.165, 1.54) is 6.92 Å². The van der Waals surface area contributed by atoms with Crippen molar-refractivity contribution in [2.45, 2.75) is 33.2 Å². The molecule has 4 N–H and O–H groups in total. The quantitative estimate of drug-likeness (QED) is 0.781. The van der Waals surface area contributed by atoms with Crippen molar-refractivity contribution in [1.82, 2.24) is 0 Å². The Morgan fingerprint density at radius 1 is 1.30 bits per heavy atom. The van der Waals surface area contributed by atoms with Gasteiger partial charge in [0.05, 0.1) is 16.8 Å². The van der Waals surface area contributed by atoms with Crippen LogP contribution in [0.1, 0.15) is 27.2 Å². The first-order valence-corrected chi connectivity index (χ1v) is 6.81. The Morgan fingerprint density at radius 3 is 2.50 bits per heavy atom.